The summed E-state index contributed by atoms with van der Waals surface area (Å²) < 4.78 is 0. The van der Waals surface area contributed by atoms with E-state index in [0.717, 1.165) is 0 Å². The van der Waals surface area contributed by atoms with Crippen LogP contribution in [0.25, 0.3) is 65.3 Å². The standard InChI is InChI=1S/2C21H16P.2C16H13.2ClH.2Ti/c2*1-3-11-19(12-4-1)22(20-13-5-2-6-14-20)21-15-17-9-7-8-10-18(17)16-21;2*1-12-10-14-8-5-9-15(16(14)11-12)13-6-3-2-4-7-13;;;;/h2*1-16H;2*2-11H,1H3;2*1H;;/q4*-1;;;2*+2/p-2. The Morgan fingerprint density at radius 1 is 0.263 bits per heavy atom. The van der Waals surface area contributed by atoms with E-state index in [1.165, 1.54) is 108 Å². The van der Waals surface area contributed by atoms with Crippen molar-refractivity contribution in [3.63, 3.8) is 0 Å². The van der Waals surface area contributed by atoms with Crippen LogP contribution in [0.3, 0.4) is 0 Å². The molecule has 14 rings (SSSR count). The minimum absolute atomic E-state index is 0. The van der Waals surface area contributed by atoms with Crippen LogP contribution in [0.15, 0.2) is 315 Å². The second-order valence-electron chi connectivity index (χ2n) is 19.1. The van der Waals surface area contributed by atoms with Crippen molar-refractivity contribution in [1.82, 2.24) is 0 Å². The third-order valence-electron chi connectivity index (χ3n) is 13.7. The van der Waals surface area contributed by atoms with Gasteiger partial charge < -0.3 is 24.8 Å². The van der Waals surface area contributed by atoms with Crippen molar-refractivity contribution in [3.05, 3.63) is 327 Å². The summed E-state index contributed by atoms with van der Waals surface area (Å²) in [5.74, 6) is 0. The molecule has 0 aliphatic rings. The average molecular weight is 1180 g/mol. The zero-order valence-electron chi connectivity index (χ0n) is 44.7. The molecule has 0 amide bonds. The van der Waals surface area contributed by atoms with Crippen molar-refractivity contribution in [1.29, 1.82) is 0 Å². The smallest absolute Gasteiger partial charge is 1.00 e. The second kappa shape index (κ2) is 29.8. The van der Waals surface area contributed by atoms with Crippen LogP contribution >= 0.6 is 15.8 Å². The van der Waals surface area contributed by atoms with E-state index in [9.17, 15) is 0 Å². The van der Waals surface area contributed by atoms with Crippen LogP contribution in [0, 0.1) is 13.8 Å². The summed E-state index contributed by atoms with van der Waals surface area (Å²) in [5.41, 5.74) is 7.89. The molecule has 0 atom stereocenters. The molecule has 0 spiro atoms. The van der Waals surface area contributed by atoms with Crippen LogP contribution in [0.4, 0.5) is 0 Å². The van der Waals surface area contributed by atoms with Gasteiger partial charge in [-0.3, -0.25) is 0 Å². The van der Waals surface area contributed by atoms with E-state index in [-0.39, 0.29) is 68.2 Å². The number of fused-ring (bicyclic) bond motifs is 4. The van der Waals surface area contributed by atoms with Gasteiger partial charge in [-0.2, -0.15) is 24.3 Å². The Morgan fingerprint density at radius 3 is 0.850 bits per heavy atom. The zero-order valence-corrected chi connectivity index (χ0v) is 51.1. The van der Waals surface area contributed by atoms with E-state index >= 15 is 0 Å². The summed E-state index contributed by atoms with van der Waals surface area (Å²) in [5, 5.41) is 19.1. The molecule has 14 aromatic rings. The molecule has 0 radical (unpaired) electrons. The Kier molecular flexibility index (Phi) is 22.8. The molecule has 0 saturated heterocycles. The van der Waals surface area contributed by atoms with E-state index < -0.39 is 15.8 Å². The van der Waals surface area contributed by atoms with Crippen LogP contribution < -0.4 is 56.6 Å². The number of aryl methyl sites for hydroxylation is 2. The topological polar surface area (TPSA) is 0 Å². The molecule has 6 heteroatoms. The van der Waals surface area contributed by atoms with Crippen LogP contribution in [-0.2, 0) is 43.4 Å². The van der Waals surface area contributed by atoms with Gasteiger partial charge in [0, 0.05) is 0 Å². The summed E-state index contributed by atoms with van der Waals surface area (Å²) in [6.45, 7) is 4.30. The molecule has 0 saturated carbocycles. The first-order valence-electron chi connectivity index (χ1n) is 26.1. The predicted molar refractivity (Wildman–Crippen MR) is 336 cm³/mol. The van der Waals surface area contributed by atoms with Crippen LogP contribution in [0.2, 0.25) is 0 Å². The Morgan fingerprint density at radius 2 is 0.537 bits per heavy atom. The van der Waals surface area contributed by atoms with Gasteiger partial charge in [-0.25, -0.2) is 0 Å². The Balaban J connectivity index is 0.000000153. The van der Waals surface area contributed by atoms with E-state index in [1.807, 2.05) is 0 Å². The average Bonchev–Trinajstić information content (AvgIpc) is 4.34. The predicted octanol–water partition coefficient (Wildman–Crippen LogP) is 11.7. The maximum Gasteiger partial charge on any atom is 2.00 e. The number of rotatable bonds is 8. The van der Waals surface area contributed by atoms with Crippen molar-refractivity contribution >= 4 is 90.8 Å². The van der Waals surface area contributed by atoms with Crippen molar-refractivity contribution in [2.45, 2.75) is 13.8 Å². The third kappa shape index (κ3) is 14.7. The first-order valence-corrected chi connectivity index (χ1v) is 28.8. The van der Waals surface area contributed by atoms with Gasteiger partial charge in [0.2, 0.25) is 0 Å². The fraction of sp³-hybridized carbons (Fsp3) is 0.0270. The molecule has 14 aromatic carbocycles. The summed E-state index contributed by atoms with van der Waals surface area (Å²) in [6.07, 6.45) is 0. The molecule has 80 heavy (non-hydrogen) atoms. The molecular weight excluding hydrogens is 1120 g/mol. The largest absolute Gasteiger partial charge is 2.00 e. The first-order chi connectivity index (χ1) is 37.5. The van der Waals surface area contributed by atoms with Crippen LogP contribution in [-0.4, -0.2) is 0 Å². The maximum atomic E-state index is 2.35. The van der Waals surface area contributed by atoms with Crippen molar-refractivity contribution in [2.24, 2.45) is 0 Å². The van der Waals surface area contributed by atoms with Gasteiger partial charge in [0.05, 0.1) is 0 Å². The summed E-state index contributed by atoms with van der Waals surface area (Å²) >= 11 is 0. The summed E-state index contributed by atoms with van der Waals surface area (Å²) in [4.78, 5) is 0. The van der Waals surface area contributed by atoms with E-state index in [1.54, 1.807) is 0 Å². The van der Waals surface area contributed by atoms with Crippen LogP contribution in [0.1, 0.15) is 11.1 Å². The SMILES string of the molecule is Cc1cc2c(-c3ccccc3)cccc2[cH-]1.Cc1cc2c(-c3ccccc3)cccc2[cH-]1.[Cl-].[Cl-].[Ti+2].[Ti+2].c1ccc(P(c2ccccc2)c2cc3ccccc3[cH-]2)cc1.c1ccc(P(c2ccccc2)c2cc3ccccc3[cH-]2)cc1. The third-order valence-corrected chi connectivity index (χ3v) is 18.5. The summed E-state index contributed by atoms with van der Waals surface area (Å²) in [6, 6.07) is 113. The molecule has 0 bridgehead atoms. The molecular formula is C74H58Cl2P2Ti2-2. The quantitative estimate of drug-likeness (QED) is 0.0808. The fourth-order valence-corrected chi connectivity index (χ4v) is 15.0. The summed E-state index contributed by atoms with van der Waals surface area (Å²) in [7, 11) is -0.986. The van der Waals surface area contributed by atoms with Gasteiger partial charge in [-0.05, 0) is 48.2 Å². The zero-order chi connectivity index (χ0) is 51.5. The van der Waals surface area contributed by atoms with Gasteiger partial charge in [0.15, 0.2) is 0 Å². The van der Waals surface area contributed by atoms with E-state index in [4.69, 9.17) is 0 Å². The molecule has 0 unspecified atom stereocenters. The molecule has 388 valence electrons. The normalized spacial score (nSPS) is 10.4. The van der Waals surface area contributed by atoms with E-state index in [2.05, 4.69) is 329 Å². The minimum atomic E-state index is -0.493. The molecule has 0 aliphatic carbocycles. The van der Waals surface area contributed by atoms with Crippen molar-refractivity contribution in [2.75, 3.05) is 0 Å². The van der Waals surface area contributed by atoms with Crippen LogP contribution in [0.5, 0.6) is 0 Å². The Bertz CT molecular complexity index is 3660. The van der Waals surface area contributed by atoms with Gasteiger partial charge >= 0.3 is 43.4 Å². The number of hydrogen-bond donors (Lipinski definition) is 0. The molecule has 0 heterocycles. The maximum absolute atomic E-state index is 2.35. The molecule has 0 aromatic heterocycles. The number of halogens is 2. The van der Waals surface area contributed by atoms with Gasteiger partial charge in [0.1, 0.15) is 0 Å². The molecule has 0 fully saturated rings. The van der Waals surface area contributed by atoms with Crippen molar-refractivity contribution < 1.29 is 68.2 Å². The fourth-order valence-electron chi connectivity index (χ4n) is 10.2. The molecule has 0 N–H and O–H groups in total. The molecule has 0 nitrogen and oxygen atoms in total. The number of hydrogen-bond acceptors (Lipinski definition) is 0. The van der Waals surface area contributed by atoms with Gasteiger partial charge in [0.25, 0.3) is 0 Å². The first kappa shape index (κ1) is 61.1. The minimum Gasteiger partial charge on any atom is -1.00 e. The molecule has 0 aliphatic heterocycles. The van der Waals surface area contributed by atoms with Gasteiger partial charge in [-0.1, -0.05) is 231 Å². The van der Waals surface area contributed by atoms with E-state index in [0.29, 0.717) is 0 Å². The van der Waals surface area contributed by atoms with Crippen molar-refractivity contribution in [3.8, 4) is 22.3 Å². The second-order valence-corrected chi connectivity index (χ2v) is 23.6. The Hall–Kier alpha value is -6.49. The van der Waals surface area contributed by atoms with Gasteiger partial charge in [-0.15, -0.1) is 150 Å². The Labute approximate surface area is 517 Å². The monoisotopic (exact) mass is 1170 g/mol. The number of benzene rings is 10.